The van der Waals surface area contributed by atoms with Gasteiger partial charge in [0, 0.05) is 18.7 Å². The molecule has 1 aliphatic rings. The Labute approximate surface area is 129 Å². The summed E-state index contributed by atoms with van der Waals surface area (Å²) in [6.45, 7) is 0.653. The molecule has 0 saturated heterocycles. The largest absolute Gasteiger partial charge is 0.493 e. The van der Waals surface area contributed by atoms with Crippen LogP contribution in [0.3, 0.4) is 0 Å². The van der Waals surface area contributed by atoms with Gasteiger partial charge in [-0.25, -0.2) is 9.97 Å². The van der Waals surface area contributed by atoms with Crippen molar-refractivity contribution in [3.8, 4) is 11.5 Å². The quantitative estimate of drug-likeness (QED) is 0.819. The summed E-state index contributed by atoms with van der Waals surface area (Å²) in [5.41, 5.74) is 1.09. The lowest BCUT2D eigenvalue weighted by Gasteiger charge is -2.11. The first-order chi connectivity index (χ1) is 10.8. The Kier molecular flexibility index (Phi) is 4.27. The van der Waals surface area contributed by atoms with Crippen LogP contribution in [0.4, 0.5) is 11.6 Å². The van der Waals surface area contributed by atoms with E-state index in [4.69, 9.17) is 9.47 Å². The number of nitrogens with zero attached hydrogens (tertiary/aromatic N) is 2. The van der Waals surface area contributed by atoms with Crippen molar-refractivity contribution in [3.63, 3.8) is 0 Å². The van der Waals surface area contributed by atoms with Gasteiger partial charge in [0.2, 0.25) is 0 Å². The molecule has 1 aromatic heterocycles. The van der Waals surface area contributed by atoms with Gasteiger partial charge in [-0.1, -0.05) is 6.07 Å². The Hall–Kier alpha value is -2.50. The van der Waals surface area contributed by atoms with Crippen LogP contribution in [-0.2, 0) is 6.54 Å². The van der Waals surface area contributed by atoms with E-state index in [0.717, 1.165) is 28.7 Å². The lowest BCUT2D eigenvalue weighted by Crippen LogP contribution is -2.06. The molecule has 1 heterocycles. The van der Waals surface area contributed by atoms with Crippen LogP contribution in [-0.4, -0.2) is 30.2 Å². The van der Waals surface area contributed by atoms with E-state index in [-0.39, 0.29) is 0 Å². The average Bonchev–Trinajstić information content (AvgIpc) is 3.37. The molecule has 1 aliphatic carbocycles. The summed E-state index contributed by atoms with van der Waals surface area (Å²) in [5.74, 6) is 3.12. The van der Waals surface area contributed by atoms with Crippen LogP contribution >= 0.6 is 0 Å². The Balaban J connectivity index is 1.64. The van der Waals surface area contributed by atoms with E-state index in [2.05, 4.69) is 20.6 Å². The molecule has 3 rings (SSSR count). The lowest BCUT2D eigenvalue weighted by molar-refractivity contribution is 0.354. The predicted octanol–water partition coefficient (Wildman–Crippen LogP) is 2.68. The molecule has 6 heteroatoms. The van der Waals surface area contributed by atoms with Gasteiger partial charge in [0.05, 0.1) is 14.2 Å². The Bertz CT molecular complexity index is 644. The Morgan fingerprint density at radius 2 is 1.82 bits per heavy atom. The fourth-order valence-corrected chi connectivity index (χ4v) is 2.15. The molecule has 22 heavy (non-hydrogen) atoms. The van der Waals surface area contributed by atoms with Crippen molar-refractivity contribution in [1.82, 2.24) is 9.97 Å². The second kappa shape index (κ2) is 6.51. The second-order valence-electron chi connectivity index (χ2n) is 5.25. The van der Waals surface area contributed by atoms with Crippen LogP contribution in [0.2, 0.25) is 0 Å². The average molecular weight is 300 g/mol. The molecular weight excluding hydrogens is 280 g/mol. The number of ether oxygens (including phenoxy) is 2. The van der Waals surface area contributed by atoms with Crippen LogP contribution in [0.15, 0.2) is 30.6 Å². The summed E-state index contributed by atoms with van der Waals surface area (Å²) >= 11 is 0. The van der Waals surface area contributed by atoms with Crippen LogP contribution in [0.1, 0.15) is 18.4 Å². The maximum absolute atomic E-state index is 5.31. The van der Waals surface area contributed by atoms with E-state index < -0.39 is 0 Å². The number of hydrogen-bond donors (Lipinski definition) is 2. The minimum Gasteiger partial charge on any atom is -0.493 e. The zero-order chi connectivity index (χ0) is 15.4. The van der Waals surface area contributed by atoms with Crippen molar-refractivity contribution < 1.29 is 9.47 Å². The second-order valence-corrected chi connectivity index (χ2v) is 5.25. The highest BCUT2D eigenvalue weighted by molar-refractivity contribution is 5.49. The Morgan fingerprint density at radius 1 is 1.05 bits per heavy atom. The number of methoxy groups -OCH3 is 2. The van der Waals surface area contributed by atoms with E-state index in [1.54, 1.807) is 20.5 Å². The van der Waals surface area contributed by atoms with Gasteiger partial charge in [-0.05, 0) is 30.5 Å². The first-order valence-electron chi connectivity index (χ1n) is 7.32. The summed E-state index contributed by atoms with van der Waals surface area (Å²) in [6.07, 6.45) is 4.01. The van der Waals surface area contributed by atoms with Crippen molar-refractivity contribution in [2.75, 3.05) is 24.9 Å². The van der Waals surface area contributed by atoms with Gasteiger partial charge in [-0.15, -0.1) is 0 Å². The zero-order valence-electron chi connectivity index (χ0n) is 12.8. The number of aromatic nitrogens is 2. The molecule has 1 aromatic carbocycles. The molecule has 0 aliphatic heterocycles. The first kappa shape index (κ1) is 14.4. The number of benzene rings is 1. The molecule has 0 unspecified atom stereocenters. The van der Waals surface area contributed by atoms with Gasteiger partial charge in [0.25, 0.3) is 0 Å². The van der Waals surface area contributed by atoms with Crippen molar-refractivity contribution >= 4 is 11.6 Å². The van der Waals surface area contributed by atoms with Crippen molar-refractivity contribution in [1.29, 1.82) is 0 Å². The minimum atomic E-state index is 0.577. The zero-order valence-corrected chi connectivity index (χ0v) is 12.8. The standard InChI is InChI=1S/C16H20N4O2/c1-21-13-6-3-11(7-14(13)22-2)9-17-15-8-16(19-10-18-15)20-12-4-5-12/h3,6-8,10,12H,4-5,9H2,1-2H3,(H2,17,18,19,20). The third kappa shape index (κ3) is 3.58. The molecule has 2 aromatic rings. The van der Waals surface area contributed by atoms with E-state index in [1.807, 2.05) is 24.3 Å². The van der Waals surface area contributed by atoms with E-state index >= 15 is 0 Å². The van der Waals surface area contributed by atoms with Crippen LogP contribution < -0.4 is 20.1 Å². The summed E-state index contributed by atoms with van der Waals surface area (Å²) in [4.78, 5) is 8.47. The number of hydrogen-bond acceptors (Lipinski definition) is 6. The van der Waals surface area contributed by atoms with Crippen LogP contribution in [0.5, 0.6) is 11.5 Å². The molecular formula is C16H20N4O2. The fourth-order valence-electron chi connectivity index (χ4n) is 2.15. The molecule has 0 atom stereocenters. The smallest absolute Gasteiger partial charge is 0.161 e. The number of anilines is 2. The van der Waals surface area contributed by atoms with Crippen molar-refractivity contribution in [2.45, 2.75) is 25.4 Å². The van der Waals surface area contributed by atoms with Gasteiger partial charge >= 0.3 is 0 Å². The highest BCUT2D eigenvalue weighted by atomic mass is 16.5. The first-order valence-corrected chi connectivity index (χ1v) is 7.32. The van der Waals surface area contributed by atoms with Gasteiger partial charge in [0.15, 0.2) is 11.5 Å². The third-order valence-electron chi connectivity index (χ3n) is 3.52. The molecule has 0 amide bonds. The molecule has 6 nitrogen and oxygen atoms in total. The number of rotatable bonds is 7. The Morgan fingerprint density at radius 3 is 2.55 bits per heavy atom. The highest BCUT2D eigenvalue weighted by Gasteiger charge is 2.21. The third-order valence-corrected chi connectivity index (χ3v) is 3.52. The molecule has 2 N–H and O–H groups in total. The summed E-state index contributed by atoms with van der Waals surface area (Å²) in [7, 11) is 3.26. The van der Waals surface area contributed by atoms with E-state index in [9.17, 15) is 0 Å². The molecule has 0 spiro atoms. The van der Waals surface area contributed by atoms with Gasteiger partial charge in [0.1, 0.15) is 18.0 Å². The fraction of sp³-hybridized carbons (Fsp3) is 0.375. The van der Waals surface area contributed by atoms with E-state index in [1.165, 1.54) is 12.8 Å². The maximum Gasteiger partial charge on any atom is 0.161 e. The van der Waals surface area contributed by atoms with Crippen molar-refractivity contribution in [2.24, 2.45) is 0 Å². The minimum absolute atomic E-state index is 0.577. The molecule has 1 fully saturated rings. The normalized spacial score (nSPS) is 13.5. The van der Waals surface area contributed by atoms with Gasteiger partial charge < -0.3 is 20.1 Å². The topological polar surface area (TPSA) is 68.3 Å². The summed E-state index contributed by atoms with van der Waals surface area (Å²) in [5, 5.41) is 6.66. The molecule has 1 saturated carbocycles. The molecule has 0 bridgehead atoms. The SMILES string of the molecule is COc1ccc(CNc2cc(NC3CC3)ncn2)cc1OC. The van der Waals surface area contributed by atoms with E-state index in [0.29, 0.717) is 12.6 Å². The molecule has 116 valence electrons. The molecule has 0 radical (unpaired) electrons. The van der Waals surface area contributed by atoms with Gasteiger partial charge in [-0.2, -0.15) is 0 Å². The summed E-state index contributed by atoms with van der Waals surface area (Å²) in [6, 6.07) is 8.36. The summed E-state index contributed by atoms with van der Waals surface area (Å²) < 4.78 is 10.5. The van der Waals surface area contributed by atoms with Crippen LogP contribution in [0, 0.1) is 0 Å². The van der Waals surface area contributed by atoms with Crippen LogP contribution in [0.25, 0.3) is 0 Å². The number of nitrogens with one attached hydrogen (secondary N) is 2. The monoisotopic (exact) mass is 300 g/mol. The highest BCUT2D eigenvalue weighted by Crippen LogP contribution is 2.28. The predicted molar refractivity (Wildman–Crippen MR) is 85.5 cm³/mol. The van der Waals surface area contributed by atoms with Crippen molar-refractivity contribution in [3.05, 3.63) is 36.2 Å². The maximum atomic E-state index is 5.31. The van der Waals surface area contributed by atoms with Gasteiger partial charge in [-0.3, -0.25) is 0 Å². The lowest BCUT2D eigenvalue weighted by atomic mass is 10.2.